The van der Waals surface area contributed by atoms with Gasteiger partial charge in [0.15, 0.2) is 0 Å². The molecule has 0 N–H and O–H groups in total. The van der Waals surface area contributed by atoms with Gasteiger partial charge in [0.25, 0.3) is 0 Å². The molecule has 0 spiro atoms. The number of ether oxygens (including phenoxy) is 4. The molecule has 27 heavy (non-hydrogen) atoms. The lowest BCUT2D eigenvalue weighted by Gasteiger charge is -2.40. The van der Waals surface area contributed by atoms with Crippen LogP contribution in [0.2, 0.25) is 0 Å². The summed E-state index contributed by atoms with van der Waals surface area (Å²) in [6.07, 6.45) is 1.29. The molecule has 0 aromatic rings. The average molecular weight is 389 g/mol. The van der Waals surface area contributed by atoms with Gasteiger partial charge in [0.05, 0.1) is 26.4 Å². The summed E-state index contributed by atoms with van der Waals surface area (Å²) in [7, 11) is 0. The van der Waals surface area contributed by atoms with E-state index in [0.717, 1.165) is 0 Å². The van der Waals surface area contributed by atoms with Crippen molar-refractivity contribution in [3.63, 3.8) is 0 Å². The second-order valence-electron chi connectivity index (χ2n) is 8.11. The highest BCUT2D eigenvalue weighted by atomic mass is 16.5. The van der Waals surface area contributed by atoms with Gasteiger partial charge < -0.3 is 18.9 Å². The van der Waals surface area contributed by atoms with Crippen LogP contribution >= 0.6 is 0 Å². The fourth-order valence-corrected chi connectivity index (χ4v) is 3.42. The fraction of sp³-hybridized carbons (Fsp3) is 0.850. The molecule has 3 unspecified atom stereocenters. The number of hydrogen-bond acceptors (Lipinski definition) is 7. The third-order valence-electron chi connectivity index (χ3n) is 4.17. The highest BCUT2D eigenvalue weighted by Crippen LogP contribution is 2.40. The fourth-order valence-electron chi connectivity index (χ4n) is 3.42. The first-order chi connectivity index (χ1) is 12.4. The Morgan fingerprint density at radius 3 is 1.74 bits per heavy atom. The molecule has 0 aliphatic rings. The van der Waals surface area contributed by atoms with Gasteiger partial charge in [-0.15, -0.1) is 0 Å². The van der Waals surface area contributed by atoms with Gasteiger partial charge in [0, 0.05) is 38.2 Å². The smallest absolute Gasteiger partial charge is 0.302 e. The van der Waals surface area contributed by atoms with Crippen LogP contribution in [0.15, 0.2) is 0 Å². The predicted molar refractivity (Wildman–Crippen MR) is 101 cm³/mol. The molecule has 0 amide bonds. The molecule has 3 atom stereocenters. The maximum Gasteiger partial charge on any atom is 0.302 e. The second kappa shape index (κ2) is 12.0. The number of esters is 3. The van der Waals surface area contributed by atoms with E-state index in [4.69, 9.17) is 18.9 Å². The number of rotatable bonds is 13. The minimum Gasteiger partial charge on any atom is -0.466 e. The molecule has 0 bridgehead atoms. The molecule has 0 rings (SSSR count). The largest absolute Gasteiger partial charge is 0.466 e. The molecule has 0 aromatic carbocycles. The summed E-state index contributed by atoms with van der Waals surface area (Å²) in [4.78, 5) is 33.7. The Labute approximate surface area is 163 Å². The van der Waals surface area contributed by atoms with E-state index in [-0.39, 0.29) is 37.0 Å². The summed E-state index contributed by atoms with van der Waals surface area (Å²) >= 11 is 0. The summed E-state index contributed by atoms with van der Waals surface area (Å²) in [6.45, 7) is 13.8. The van der Waals surface area contributed by atoms with Crippen LogP contribution in [0.3, 0.4) is 0 Å². The van der Waals surface area contributed by atoms with E-state index in [9.17, 15) is 14.4 Å². The molecule has 0 saturated carbocycles. The molecule has 0 aromatic heterocycles. The van der Waals surface area contributed by atoms with Crippen LogP contribution in [0.5, 0.6) is 0 Å². The van der Waals surface area contributed by atoms with E-state index in [0.29, 0.717) is 32.7 Å². The number of carbonyl (C=O) groups excluding carboxylic acids is 3. The van der Waals surface area contributed by atoms with Crippen molar-refractivity contribution in [2.45, 2.75) is 61.3 Å². The van der Waals surface area contributed by atoms with Gasteiger partial charge in [-0.3, -0.25) is 14.4 Å². The normalized spacial score (nSPS) is 16.6. The number of carbonyl (C=O) groups is 3. The Bertz CT molecular complexity index is 491. The zero-order chi connectivity index (χ0) is 21.1. The van der Waals surface area contributed by atoms with Gasteiger partial charge in [-0.2, -0.15) is 0 Å². The molecule has 7 nitrogen and oxygen atoms in total. The van der Waals surface area contributed by atoms with E-state index in [1.807, 2.05) is 27.7 Å². The first kappa shape index (κ1) is 25.4. The van der Waals surface area contributed by atoms with Gasteiger partial charge in [0.1, 0.15) is 0 Å². The van der Waals surface area contributed by atoms with Crippen LogP contribution in [-0.2, 0) is 33.3 Å². The standard InChI is InChI=1S/C20H36O7/c1-8-24-12-20(7,14-27-18(5)23)11-19(6,13-26-17(4)22)9-15(2)10-25-16(3)21/h15H,8-14H2,1-7H3. The van der Waals surface area contributed by atoms with Crippen molar-refractivity contribution in [2.75, 3.05) is 33.0 Å². The highest BCUT2D eigenvalue weighted by Gasteiger charge is 2.38. The van der Waals surface area contributed by atoms with Crippen LogP contribution in [0, 0.1) is 16.7 Å². The molecule has 0 heterocycles. The summed E-state index contributed by atoms with van der Waals surface area (Å²) in [5, 5.41) is 0. The summed E-state index contributed by atoms with van der Waals surface area (Å²) in [5.41, 5.74) is -0.824. The molecule has 0 saturated heterocycles. The Morgan fingerprint density at radius 1 is 0.815 bits per heavy atom. The van der Waals surface area contributed by atoms with Gasteiger partial charge in [-0.25, -0.2) is 0 Å². The van der Waals surface area contributed by atoms with Crippen molar-refractivity contribution in [1.82, 2.24) is 0 Å². The van der Waals surface area contributed by atoms with Crippen LogP contribution in [0.4, 0.5) is 0 Å². The Morgan fingerprint density at radius 2 is 1.30 bits per heavy atom. The van der Waals surface area contributed by atoms with E-state index >= 15 is 0 Å². The third kappa shape index (κ3) is 12.4. The molecule has 7 heteroatoms. The lowest BCUT2D eigenvalue weighted by molar-refractivity contribution is -0.149. The topological polar surface area (TPSA) is 88.1 Å². The highest BCUT2D eigenvalue weighted by molar-refractivity contribution is 5.66. The van der Waals surface area contributed by atoms with Crippen molar-refractivity contribution < 1.29 is 33.3 Å². The van der Waals surface area contributed by atoms with Gasteiger partial charge in [-0.1, -0.05) is 20.8 Å². The van der Waals surface area contributed by atoms with Gasteiger partial charge >= 0.3 is 17.9 Å². The Kier molecular flexibility index (Phi) is 11.2. The molecular formula is C20H36O7. The van der Waals surface area contributed by atoms with E-state index in [1.54, 1.807) is 0 Å². The molecule has 158 valence electrons. The van der Waals surface area contributed by atoms with E-state index < -0.39 is 10.8 Å². The molecule has 0 aliphatic carbocycles. The first-order valence-corrected chi connectivity index (χ1v) is 9.39. The summed E-state index contributed by atoms with van der Waals surface area (Å²) in [5.74, 6) is -0.929. The SMILES string of the molecule is CCOCC(C)(COC(C)=O)CC(C)(COC(C)=O)CC(C)COC(C)=O. The Hall–Kier alpha value is -1.63. The summed E-state index contributed by atoms with van der Waals surface area (Å²) < 4.78 is 21.3. The van der Waals surface area contributed by atoms with Crippen molar-refractivity contribution in [2.24, 2.45) is 16.7 Å². The zero-order valence-electron chi connectivity index (χ0n) is 17.9. The minimum atomic E-state index is -0.433. The molecule has 0 fully saturated rings. The van der Waals surface area contributed by atoms with Gasteiger partial charge in [0.2, 0.25) is 0 Å². The monoisotopic (exact) mass is 388 g/mol. The Balaban J connectivity index is 5.29. The minimum absolute atomic E-state index is 0.0829. The molecule has 0 radical (unpaired) electrons. The first-order valence-electron chi connectivity index (χ1n) is 9.39. The van der Waals surface area contributed by atoms with Gasteiger partial charge in [-0.05, 0) is 25.7 Å². The van der Waals surface area contributed by atoms with Crippen LogP contribution < -0.4 is 0 Å². The predicted octanol–water partition coefficient (Wildman–Crippen LogP) is 3.14. The third-order valence-corrected chi connectivity index (χ3v) is 4.17. The van der Waals surface area contributed by atoms with Crippen LogP contribution in [0.25, 0.3) is 0 Å². The quantitative estimate of drug-likeness (QED) is 0.354. The van der Waals surface area contributed by atoms with Crippen molar-refractivity contribution >= 4 is 17.9 Å². The summed E-state index contributed by atoms with van der Waals surface area (Å²) in [6, 6.07) is 0. The molecule has 0 aliphatic heterocycles. The maximum atomic E-state index is 11.4. The lowest BCUT2D eigenvalue weighted by atomic mass is 9.70. The molecular weight excluding hydrogens is 352 g/mol. The second-order valence-corrected chi connectivity index (χ2v) is 8.11. The number of hydrogen-bond donors (Lipinski definition) is 0. The average Bonchev–Trinajstić information content (AvgIpc) is 2.55. The van der Waals surface area contributed by atoms with Crippen molar-refractivity contribution in [3.8, 4) is 0 Å². The maximum absolute atomic E-state index is 11.4. The van der Waals surface area contributed by atoms with Crippen molar-refractivity contribution in [3.05, 3.63) is 0 Å². The van der Waals surface area contributed by atoms with E-state index in [1.165, 1.54) is 20.8 Å². The van der Waals surface area contributed by atoms with Crippen molar-refractivity contribution in [1.29, 1.82) is 0 Å². The van der Waals surface area contributed by atoms with E-state index in [2.05, 4.69) is 0 Å². The lowest BCUT2D eigenvalue weighted by Crippen LogP contribution is -2.39. The van der Waals surface area contributed by atoms with Crippen LogP contribution in [-0.4, -0.2) is 50.9 Å². The van der Waals surface area contributed by atoms with Crippen LogP contribution in [0.1, 0.15) is 61.3 Å². The zero-order valence-corrected chi connectivity index (χ0v) is 17.9.